The first kappa shape index (κ1) is 14.4. The summed E-state index contributed by atoms with van der Waals surface area (Å²) in [5.41, 5.74) is 0.884. The summed E-state index contributed by atoms with van der Waals surface area (Å²) in [7, 11) is 0. The first-order chi connectivity index (χ1) is 10.3. The third kappa shape index (κ3) is 3.37. The topological polar surface area (TPSA) is 68.3 Å². The number of carbonyl (C=O) groups excluding carboxylic acids is 2. The molecule has 1 aliphatic rings. The SMILES string of the molecule is O=Cc1cnc(-c2csc(C(=O)NC3CCOCC3)c2)s1. The third-order valence-corrected chi connectivity index (χ3v) is 5.17. The van der Waals surface area contributed by atoms with Gasteiger partial charge < -0.3 is 10.1 Å². The van der Waals surface area contributed by atoms with E-state index in [1.54, 1.807) is 6.20 Å². The van der Waals surface area contributed by atoms with Crippen molar-refractivity contribution in [3.63, 3.8) is 0 Å². The lowest BCUT2D eigenvalue weighted by Crippen LogP contribution is -2.38. The van der Waals surface area contributed by atoms with Gasteiger partial charge in [-0.1, -0.05) is 0 Å². The van der Waals surface area contributed by atoms with Gasteiger partial charge in [-0.05, 0) is 18.9 Å². The van der Waals surface area contributed by atoms with Gasteiger partial charge in [0.2, 0.25) is 0 Å². The van der Waals surface area contributed by atoms with Gasteiger partial charge in [-0.25, -0.2) is 4.98 Å². The minimum Gasteiger partial charge on any atom is -0.381 e. The number of nitrogens with one attached hydrogen (secondary N) is 1. The quantitative estimate of drug-likeness (QED) is 0.879. The van der Waals surface area contributed by atoms with Gasteiger partial charge in [-0.2, -0.15) is 0 Å². The maximum Gasteiger partial charge on any atom is 0.261 e. The van der Waals surface area contributed by atoms with E-state index in [-0.39, 0.29) is 11.9 Å². The summed E-state index contributed by atoms with van der Waals surface area (Å²) >= 11 is 2.72. The van der Waals surface area contributed by atoms with Gasteiger partial charge in [-0.3, -0.25) is 9.59 Å². The maximum atomic E-state index is 12.2. The van der Waals surface area contributed by atoms with Crippen LogP contribution in [0.1, 0.15) is 32.2 Å². The van der Waals surface area contributed by atoms with Gasteiger partial charge in [0.15, 0.2) is 6.29 Å². The molecule has 21 heavy (non-hydrogen) atoms. The highest BCUT2D eigenvalue weighted by Gasteiger charge is 2.18. The molecule has 0 saturated carbocycles. The molecule has 0 aliphatic carbocycles. The summed E-state index contributed by atoms with van der Waals surface area (Å²) in [6.07, 6.45) is 4.05. The molecule has 2 aromatic rings. The van der Waals surface area contributed by atoms with Crippen molar-refractivity contribution in [3.8, 4) is 10.6 Å². The van der Waals surface area contributed by atoms with E-state index >= 15 is 0 Å². The van der Waals surface area contributed by atoms with Gasteiger partial charge >= 0.3 is 0 Å². The number of thiazole rings is 1. The van der Waals surface area contributed by atoms with Crippen LogP contribution in [0, 0.1) is 0 Å². The van der Waals surface area contributed by atoms with E-state index in [9.17, 15) is 9.59 Å². The Hall–Kier alpha value is -1.57. The van der Waals surface area contributed by atoms with Crippen molar-refractivity contribution in [1.29, 1.82) is 0 Å². The highest BCUT2D eigenvalue weighted by molar-refractivity contribution is 7.17. The fourth-order valence-electron chi connectivity index (χ4n) is 2.14. The molecule has 0 aromatic carbocycles. The summed E-state index contributed by atoms with van der Waals surface area (Å²) in [4.78, 5) is 28.3. The average molecular weight is 322 g/mol. The van der Waals surface area contributed by atoms with Crippen LogP contribution in [0.4, 0.5) is 0 Å². The number of amides is 1. The lowest BCUT2D eigenvalue weighted by atomic mass is 10.1. The van der Waals surface area contributed by atoms with Crippen LogP contribution in [0.2, 0.25) is 0 Å². The maximum absolute atomic E-state index is 12.2. The molecule has 3 heterocycles. The van der Waals surface area contributed by atoms with Crippen molar-refractivity contribution in [1.82, 2.24) is 10.3 Å². The number of nitrogens with zero attached hydrogens (tertiary/aromatic N) is 1. The second kappa shape index (κ2) is 6.46. The van der Waals surface area contributed by atoms with Gasteiger partial charge in [0.05, 0.1) is 9.75 Å². The minimum atomic E-state index is -0.0506. The van der Waals surface area contributed by atoms with Crippen molar-refractivity contribution in [2.24, 2.45) is 0 Å². The Morgan fingerprint density at radius 2 is 2.24 bits per heavy atom. The second-order valence-electron chi connectivity index (χ2n) is 4.75. The summed E-state index contributed by atoms with van der Waals surface area (Å²) < 4.78 is 5.28. The van der Waals surface area contributed by atoms with Gasteiger partial charge in [0.25, 0.3) is 5.91 Å². The number of rotatable bonds is 4. The standard InChI is InChI=1S/C14H14N2O3S2/c17-7-11-6-15-14(21-11)9-5-12(20-8-9)13(18)16-10-1-3-19-4-2-10/h5-8,10H,1-4H2,(H,16,18). The van der Waals surface area contributed by atoms with Crippen LogP contribution in [-0.4, -0.2) is 36.4 Å². The lowest BCUT2D eigenvalue weighted by molar-refractivity contribution is 0.0698. The molecular weight excluding hydrogens is 308 g/mol. The smallest absolute Gasteiger partial charge is 0.261 e. The monoisotopic (exact) mass is 322 g/mol. The Kier molecular flexibility index (Phi) is 4.42. The number of ether oxygens (including phenoxy) is 1. The zero-order chi connectivity index (χ0) is 14.7. The van der Waals surface area contributed by atoms with Crippen molar-refractivity contribution in [2.75, 3.05) is 13.2 Å². The molecular formula is C14H14N2O3S2. The molecule has 0 atom stereocenters. The highest BCUT2D eigenvalue weighted by atomic mass is 32.1. The predicted molar refractivity (Wildman–Crippen MR) is 82.1 cm³/mol. The number of hydrogen-bond acceptors (Lipinski definition) is 6. The normalized spacial score (nSPS) is 15.8. The zero-order valence-corrected chi connectivity index (χ0v) is 12.8. The molecule has 1 N–H and O–H groups in total. The van der Waals surface area contributed by atoms with Crippen molar-refractivity contribution in [2.45, 2.75) is 18.9 Å². The minimum absolute atomic E-state index is 0.0506. The molecule has 0 bridgehead atoms. The predicted octanol–water partition coefficient (Wildman–Crippen LogP) is 2.59. The van der Waals surface area contributed by atoms with Gasteiger partial charge in [-0.15, -0.1) is 22.7 Å². The van der Waals surface area contributed by atoms with E-state index in [0.717, 1.165) is 29.7 Å². The molecule has 0 spiro atoms. The zero-order valence-electron chi connectivity index (χ0n) is 11.2. The van der Waals surface area contributed by atoms with Crippen molar-refractivity contribution < 1.29 is 14.3 Å². The third-order valence-electron chi connectivity index (χ3n) is 3.27. The molecule has 3 rings (SSSR count). The number of hydrogen-bond donors (Lipinski definition) is 1. The summed E-state index contributed by atoms with van der Waals surface area (Å²) in [5.74, 6) is -0.0506. The number of aromatic nitrogens is 1. The summed E-state index contributed by atoms with van der Waals surface area (Å²) in [5, 5.41) is 5.69. The molecule has 7 heteroatoms. The molecule has 0 unspecified atom stereocenters. The Labute approximate surface area is 130 Å². The van der Waals surface area contributed by atoms with E-state index in [2.05, 4.69) is 10.3 Å². The van der Waals surface area contributed by atoms with Gasteiger partial charge in [0.1, 0.15) is 5.01 Å². The van der Waals surface area contributed by atoms with Crippen molar-refractivity contribution >= 4 is 34.9 Å². The van der Waals surface area contributed by atoms with Crippen LogP contribution in [0.5, 0.6) is 0 Å². The molecule has 2 aromatic heterocycles. The first-order valence-electron chi connectivity index (χ1n) is 6.65. The summed E-state index contributed by atoms with van der Waals surface area (Å²) in [6, 6.07) is 2.02. The fraction of sp³-hybridized carbons (Fsp3) is 0.357. The number of aldehydes is 1. The van der Waals surface area contributed by atoms with E-state index in [1.807, 2.05) is 11.4 Å². The van der Waals surface area contributed by atoms with E-state index in [0.29, 0.717) is 23.0 Å². The Morgan fingerprint density at radius 3 is 2.95 bits per heavy atom. The highest BCUT2D eigenvalue weighted by Crippen LogP contribution is 2.29. The van der Waals surface area contributed by atoms with Crippen LogP contribution in [-0.2, 0) is 4.74 Å². The van der Waals surface area contributed by atoms with Crippen LogP contribution in [0.3, 0.4) is 0 Å². The summed E-state index contributed by atoms with van der Waals surface area (Å²) in [6.45, 7) is 1.41. The van der Waals surface area contributed by atoms with Crippen LogP contribution in [0.15, 0.2) is 17.6 Å². The largest absolute Gasteiger partial charge is 0.381 e. The molecule has 1 fully saturated rings. The van der Waals surface area contributed by atoms with Gasteiger partial charge in [0, 0.05) is 36.4 Å². The second-order valence-corrected chi connectivity index (χ2v) is 6.72. The Balaban J connectivity index is 1.68. The van der Waals surface area contributed by atoms with Crippen LogP contribution < -0.4 is 5.32 Å². The number of carbonyl (C=O) groups is 2. The Bertz CT molecular complexity index is 644. The van der Waals surface area contributed by atoms with Crippen molar-refractivity contribution in [3.05, 3.63) is 27.4 Å². The number of thiophene rings is 1. The van der Waals surface area contributed by atoms with Crippen LogP contribution >= 0.6 is 22.7 Å². The molecule has 1 aliphatic heterocycles. The molecule has 1 saturated heterocycles. The Morgan fingerprint density at radius 1 is 1.43 bits per heavy atom. The van der Waals surface area contributed by atoms with Crippen LogP contribution in [0.25, 0.3) is 10.6 Å². The first-order valence-corrected chi connectivity index (χ1v) is 8.34. The van der Waals surface area contributed by atoms with E-state index in [4.69, 9.17) is 4.74 Å². The average Bonchev–Trinajstić information content (AvgIpc) is 3.17. The lowest BCUT2D eigenvalue weighted by Gasteiger charge is -2.22. The fourth-order valence-corrected chi connectivity index (χ4v) is 3.73. The van der Waals surface area contributed by atoms with E-state index in [1.165, 1.54) is 22.7 Å². The molecule has 1 amide bonds. The van der Waals surface area contributed by atoms with E-state index < -0.39 is 0 Å². The molecule has 110 valence electrons. The molecule has 5 nitrogen and oxygen atoms in total. The molecule has 0 radical (unpaired) electrons.